The highest BCUT2D eigenvalue weighted by Gasteiger charge is 2.28. The number of cyclic esters (lactones) is 2. The van der Waals surface area contributed by atoms with Gasteiger partial charge in [0.25, 0.3) is 0 Å². The van der Waals surface area contributed by atoms with Gasteiger partial charge < -0.3 is 14.2 Å². The molecule has 1 aromatic carbocycles. The third kappa shape index (κ3) is 4.99. The summed E-state index contributed by atoms with van der Waals surface area (Å²) in [5.41, 5.74) is 1.15. The molecule has 1 aliphatic rings. The second-order valence-electron chi connectivity index (χ2n) is 4.45. The van der Waals surface area contributed by atoms with Gasteiger partial charge in [-0.2, -0.15) is 0 Å². The molecule has 0 aromatic heterocycles. The number of rotatable bonds is 6. The summed E-state index contributed by atoms with van der Waals surface area (Å²) >= 11 is 2.22. The van der Waals surface area contributed by atoms with E-state index in [1.807, 2.05) is 30.3 Å². The maximum absolute atomic E-state index is 11.2. The highest BCUT2D eigenvalue weighted by Crippen LogP contribution is 2.19. The summed E-state index contributed by atoms with van der Waals surface area (Å²) in [6.45, 7) is 1.18. The van der Waals surface area contributed by atoms with Crippen LogP contribution < -0.4 is 0 Å². The predicted octanol–water partition coefficient (Wildman–Crippen LogP) is 3.32. The van der Waals surface area contributed by atoms with Crippen molar-refractivity contribution in [3.8, 4) is 0 Å². The van der Waals surface area contributed by atoms with Gasteiger partial charge in [0.15, 0.2) is 0 Å². The first-order valence-corrected chi connectivity index (χ1v) is 7.85. The molecular weight excluding hydrogens is 359 g/mol. The minimum absolute atomic E-state index is 0.0269. The molecule has 104 valence electrons. The molecular formula is C14H17IO4. The number of hydrogen-bond acceptors (Lipinski definition) is 4. The van der Waals surface area contributed by atoms with Crippen molar-refractivity contribution in [3.63, 3.8) is 0 Å². The Morgan fingerprint density at radius 1 is 1.21 bits per heavy atom. The Labute approximate surface area is 126 Å². The van der Waals surface area contributed by atoms with E-state index in [4.69, 9.17) is 14.2 Å². The van der Waals surface area contributed by atoms with Crippen LogP contribution in [-0.4, -0.2) is 29.4 Å². The molecule has 1 saturated heterocycles. The van der Waals surface area contributed by atoms with Gasteiger partial charge in [0, 0.05) is 17.3 Å². The minimum atomic E-state index is -0.555. The molecule has 0 aliphatic carbocycles. The first kappa shape index (κ1) is 14.6. The van der Waals surface area contributed by atoms with E-state index in [1.165, 1.54) is 0 Å². The predicted molar refractivity (Wildman–Crippen MR) is 79.4 cm³/mol. The average Bonchev–Trinajstić information content (AvgIpc) is 2.44. The van der Waals surface area contributed by atoms with Crippen LogP contribution in [0.2, 0.25) is 0 Å². The zero-order valence-corrected chi connectivity index (χ0v) is 12.7. The number of carbonyl (C=O) groups is 1. The van der Waals surface area contributed by atoms with Gasteiger partial charge in [0.05, 0.1) is 13.2 Å². The van der Waals surface area contributed by atoms with Crippen molar-refractivity contribution in [2.75, 3.05) is 11.0 Å². The van der Waals surface area contributed by atoms with Crippen LogP contribution in [-0.2, 0) is 20.8 Å². The van der Waals surface area contributed by atoms with Crippen molar-refractivity contribution in [1.29, 1.82) is 0 Å². The van der Waals surface area contributed by atoms with E-state index in [0.717, 1.165) is 22.8 Å². The molecule has 0 radical (unpaired) electrons. The van der Waals surface area contributed by atoms with Gasteiger partial charge in [-0.05, 0) is 5.56 Å². The maximum atomic E-state index is 11.2. The Morgan fingerprint density at radius 3 is 2.68 bits per heavy atom. The zero-order valence-electron chi connectivity index (χ0n) is 10.6. The quantitative estimate of drug-likeness (QED) is 0.331. The lowest BCUT2D eigenvalue weighted by molar-refractivity contribution is -0.0608. The Bertz CT molecular complexity index is 396. The summed E-state index contributed by atoms with van der Waals surface area (Å²) in [6, 6.07) is 10.0. The Kier molecular flexibility index (Phi) is 5.91. The van der Waals surface area contributed by atoms with Crippen molar-refractivity contribution in [2.45, 2.75) is 31.7 Å². The van der Waals surface area contributed by atoms with E-state index in [2.05, 4.69) is 22.6 Å². The molecule has 1 aliphatic heterocycles. The van der Waals surface area contributed by atoms with Crippen molar-refractivity contribution >= 4 is 28.7 Å². The number of halogens is 1. The van der Waals surface area contributed by atoms with Crippen molar-refractivity contribution in [1.82, 2.24) is 0 Å². The molecule has 0 N–H and O–H groups in total. The number of benzene rings is 1. The summed E-state index contributed by atoms with van der Waals surface area (Å²) in [7, 11) is 0. The summed E-state index contributed by atoms with van der Waals surface area (Å²) in [6.07, 6.45) is 0.803. The monoisotopic (exact) mass is 376 g/mol. The van der Waals surface area contributed by atoms with E-state index in [0.29, 0.717) is 13.2 Å². The minimum Gasteiger partial charge on any atom is -0.431 e. The second-order valence-corrected chi connectivity index (χ2v) is 5.33. The van der Waals surface area contributed by atoms with Gasteiger partial charge in [0.2, 0.25) is 0 Å². The normalized spacial score (nSPS) is 22.7. The SMILES string of the molecule is O=C1O[C@H](CI)C[C@H](CCOCc2ccccc2)O1. The maximum Gasteiger partial charge on any atom is 0.508 e. The fraction of sp³-hybridized carbons (Fsp3) is 0.500. The Hall–Kier alpha value is -0.820. The molecule has 2 atom stereocenters. The molecule has 2 rings (SSSR count). The summed E-state index contributed by atoms with van der Waals surface area (Å²) in [5, 5.41) is 0. The Morgan fingerprint density at radius 2 is 1.95 bits per heavy atom. The molecule has 0 bridgehead atoms. The number of alkyl halides is 1. The van der Waals surface area contributed by atoms with Crippen molar-refractivity contribution < 1.29 is 19.0 Å². The fourth-order valence-electron chi connectivity index (χ4n) is 1.94. The lowest BCUT2D eigenvalue weighted by Crippen LogP contribution is -2.35. The molecule has 19 heavy (non-hydrogen) atoms. The van der Waals surface area contributed by atoms with Gasteiger partial charge in [-0.3, -0.25) is 0 Å². The molecule has 1 fully saturated rings. The van der Waals surface area contributed by atoms with E-state index < -0.39 is 6.16 Å². The third-order valence-electron chi connectivity index (χ3n) is 2.92. The molecule has 0 spiro atoms. The highest BCUT2D eigenvalue weighted by molar-refractivity contribution is 14.1. The third-order valence-corrected chi connectivity index (χ3v) is 3.90. The van der Waals surface area contributed by atoms with Crippen LogP contribution in [0.1, 0.15) is 18.4 Å². The van der Waals surface area contributed by atoms with Gasteiger partial charge in [0.1, 0.15) is 12.2 Å². The average molecular weight is 376 g/mol. The molecule has 1 heterocycles. The van der Waals surface area contributed by atoms with Gasteiger partial charge >= 0.3 is 6.16 Å². The fourth-order valence-corrected chi connectivity index (χ4v) is 2.48. The van der Waals surface area contributed by atoms with Gasteiger partial charge in [-0.15, -0.1) is 0 Å². The van der Waals surface area contributed by atoms with Crippen molar-refractivity contribution in [3.05, 3.63) is 35.9 Å². The van der Waals surface area contributed by atoms with E-state index in [1.54, 1.807) is 0 Å². The first-order valence-electron chi connectivity index (χ1n) is 6.33. The zero-order chi connectivity index (χ0) is 13.5. The largest absolute Gasteiger partial charge is 0.508 e. The van der Waals surface area contributed by atoms with Crippen LogP contribution in [0.3, 0.4) is 0 Å². The molecule has 4 nitrogen and oxygen atoms in total. The topological polar surface area (TPSA) is 44.8 Å². The van der Waals surface area contributed by atoms with E-state index >= 15 is 0 Å². The molecule has 5 heteroatoms. The Balaban J connectivity index is 1.66. The molecule has 0 amide bonds. The van der Waals surface area contributed by atoms with E-state index in [9.17, 15) is 4.79 Å². The molecule has 1 aromatic rings. The van der Waals surface area contributed by atoms with E-state index in [-0.39, 0.29) is 12.2 Å². The van der Waals surface area contributed by atoms with Crippen molar-refractivity contribution in [2.24, 2.45) is 0 Å². The van der Waals surface area contributed by atoms with Crippen LogP contribution in [0.15, 0.2) is 30.3 Å². The number of carbonyl (C=O) groups excluding carboxylic acids is 1. The molecule has 0 unspecified atom stereocenters. The highest BCUT2D eigenvalue weighted by atomic mass is 127. The van der Waals surface area contributed by atoms with Gasteiger partial charge in [-0.25, -0.2) is 4.79 Å². The van der Waals surface area contributed by atoms with Crippen LogP contribution in [0.25, 0.3) is 0 Å². The molecule has 0 saturated carbocycles. The van der Waals surface area contributed by atoms with Crippen LogP contribution in [0.4, 0.5) is 4.79 Å². The number of hydrogen-bond donors (Lipinski definition) is 0. The summed E-state index contributed by atoms with van der Waals surface area (Å²) in [5.74, 6) is 0. The smallest absolute Gasteiger partial charge is 0.431 e. The van der Waals surface area contributed by atoms with Crippen LogP contribution in [0, 0.1) is 0 Å². The number of ether oxygens (including phenoxy) is 3. The van der Waals surface area contributed by atoms with Gasteiger partial charge in [-0.1, -0.05) is 52.9 Å². The lowest BCUT2D eigenvalue weighted by atomic mass is 10.1. The first-order chi connectivity index (χ1) is 9.28. The van der Waals surface area contributed by atoms with Crippen LogP contribution in [0.5, 0.6) is 0 Å². The van der Waals surface area contributed by atoms with Crippen LogP contribution >= 0.6 is 22.6 Å². The second kappa shape index (κ2) is 7.69. The summed E-state index contributed by atoms with van der Waals surface area (Å²) in [4.78, 5) is 11.2. The lowest BCUT2D eigenvalue weighted by Gasteiger charge is -2.27. The summed E-state index contributed by atoms with van der Waals surface area (Å²) < 4.78 is 16.6. The standard InChI is InChI=1S/C14H17IO4/c15-9-13-8-12(18-14(16)19-13)6-7-17-10-11-4-2-1-3-5-11/h1-5,12-13H,6-10H2/t12-,13-/m0/s1.